The Balaban J connectivity index is 1.82. The minimum absolute atomic E-state index is 0.355. The first kappa shape index (κ1) is 9.95. The Labute approximate surface area is 85.4 Å². The summed E-state index contributed by atoms with van der Waals surface area (Å²) in [6.07, 6.45) is 6.14. The molecule has 1 N–H and O–H groups in total. The molecule has 2 rings (SSSR count). The molecule has 0 aromatic heterocycles. The van der Waals surface area contributed by atoms with Crippen molar-refractivity contribution < 1.29 is 4.74 Å². The van der Waals surface area contributed by atoms with Crippen molar-refractivity contribution in [3.63, 3.8) is 0 Å². The predicted octanol–water partition coefficient (Wildman–Crippen LogP) is 1.59. The third-order valence-corrected chi connectivity index (χ3v) is 3.39. The van der Waals surface area contributed by atoms with Crippen LogP contribution in [0.1, 0.15) is 39.0 Å². The van der Waals surface area contributed by atoms with Crippen LogP contribution in [0.15, 0.2) is 0 Å². The van der Waals surface area contributed by atoms with E-state index in [-0.39, 0.29) is 0 Å². The molecule has 3 heteroatoms. The highest BCUT2D eigenvalue weighted by atomic mass is 16.5. The van der Waals surface area contributed by atoms with Crippen molar-refractivity contribution in [2.24, 2.45) is 0 Å². The van der Waals surface area contributed by atoms with Gasteiger partial charge >= 0.3 is 0 Å². The van der Waals surface area contributed by atoms with Gasteiger partial charge in [0.15, 0.2) is 0 Å². The lowest BCUT2D eigenvalue weighted by Crippen LogP contribution is -2.43. The van der Waals surface area contributed by atoms with Gasteiger partial charge in [-0.1, -0.05) is 6.92 Å². The van der Waals surface area contributed by atoms with Crippen molar-refractivity contribution in [2.75, 3.05) is 0 Å². The van der Waals surface area contributed by atoms with E-state index >= 15 is 0 Å². The molecule has 2 heterocycles. The molecule has 2 fully saturated rings. The molecule has 0 spiro atoms. The zero-order chi connectivity index (χ0) is 9.97. The minimum Gasteiger partial charge on any atom is -0.373 e. The monoisotopic (exact) mass is 194 g/mol. The number of rotatable bonds is 4. The van der Waals surface area contributed by atoms with E-state index in [9.17, 15) is 0 Å². The Hall–Kier alpha value is -0.590. The summed E-state index contributed by atoms with van der Waals surface area (Å²) >= 11 is 0. The summed E-state index contributed by atoms with van der Waals surface area (Å²) in [7, 11) is 0. The Kier molecular flexibility index (Phi) is 3.05. The molecular weight excluding hydrogens is 176 g/mol. The van der Waals surface area contributed by atoms with Gasteiger partial charge in [-0.05, 0) is 25.7 Å². The fourth-order valence-electron chi connectivity index (χ4n) is 2.55. The molecule has 0 aromatic carbocycles. The maximum Gasteiger partial charge on any atom is 0.0733 e. The van der Waals surface area contributed by atoms with Crippen LogP contribution >= 0.6 is 0 Å². The number of nitrogens with one attached hydrogen (secondary N) is 1. The third kappa shape index (κ3) is 1.92. The van der Waals surface area contributed by atoms with Crippen molar-refractivity contribution in [1.82, 2.24) is 5.32 Å². The largest absolute Gasteiger partial charge is 0.373 e. The molecule has 2 aliphatic heterocycles. The van der Waals surface area contributed by atoms with Crippen LogP contribution in [0.3, 0.4) is 0 Å². The van der Waals surface area contributed by atoms with Crippen LogP contribution in [-0.4, -0.2) is 24.3 Å². The smallest absolute Gasteiger partial charge is 0.0733 e. The van der Waals surface area contributed by atoms with Crippen molar-refractivity contribution in [3.05, 3.63) is 0 Å². The molecule has 2 aliphatic rings. The van der Waals surface area contributed by atoms with E-state index in [1.54, 1.807) is 0 Å². The standard InChI is InChI=1S/C11H18N2O/c1-2-8(5-6-12)13-10-7-9-3-4-11(10)14-9/h8-11,13H,2-5,7H2,1H3. The van der Waals surface area contributed by atoms with Crippen LogP contribution < -0.4 is 5.32 Å². The van der Waals surface area contributed by atoms with E-state index in [1.165, 1.54) is 12.8 Å². The van der Waals surface area contributed by atoms with Crippen LogP contribution in [0, 0.1) is 11.3 Å². The van der Waals surface area contributed by atoms with Gasteiger partial charge in [-0.15, -0.1) is 0 Å². The van der Waals surface area contributed by atoms with Crippen LogP contribution in [0.5, 0.6) is 0 Å². The normalized spacial score (nSPS) is 37.0. The van der Waals surface area contributed by atoms with Gasteiger partial charge in [0.2, 0.25) is 0 Å². The van der Waals surface area contributed by atoms with Gasteiger partial charge in [0.05, 0.1) is 24.7 Å². The Morgan fingerprint density at radius 3 is 2.93 bits per heavy atom. The number of hydrogen-bond acceptors (Lipinski definition) is 3. The first-order valence-electron chi connectivity index (χ1n) is 5.62. The molecule has 0 aromatic rings. The highest BCUT2D eigenvalue weighted by Gasteiger charge is 2.41. The summed E-state index contributed by atoms with van der Waals surface area (Å²) in [4.78, 5) is 0. The van der Waals surface area contributed by atoms with Crippen LogP contribution in [0.25, 0.3) is 0 Å². The average Bonchev–Trinajstić information content (AvgIpc) is 2.78. The molecule has 4 unspecified atom stereocenters. The number of ether oxygens (including phenoxy) is 1. The van der Waals surface area contributed by atoms with E-state index in [2.05, 4.69) is 18.3 Å². The average molecular weight is 194 g/mol. The molecule has 0 saturated carbocycles. The SMILES string of the molecule is CCC(CC#N)NC1CC2CCC1O2. The fraction of sp³-hybridized carbons (Fsp3) is 0.909. The topological polar surface area (TPSA) is 45.0 Å². The molecule has 2 saturated heterocycles. The molecule has 14 heavy (non-hydrogen) atoms. The van der Waals surface area contributed by atoms with E-state index in [0.717, 1.165) is 12.8 Å². The predicted molar refractivity (Wildman–Crippen MR) is 53.7 cm³/mol. The first-order valence-corrected chi connectivity index (χ1v) is 5.62. The maximum absolute atomic E-state index is 8.65. The van der Waals surface area contributed by atoms with Gasteiger partial charge in [0.25, 0.3) is 0 Å². The summed E-state index contributed by atoms with van der Waals surface area (Å²) < 4.78 is 5.76. The summed E-state index contributed by atoms with van der Waals surface area (Å²) in [5.74, 6) is 0. The molecule has 4 atom stereocenters. The molecular formula is C11H18N2O. The second-order valence-corrected chi connectivity index (χ2v) is 4.35. The molecule has 0 aliphatic carbocycles. The zero-order valence-electron chi connectivity index (χ0n) is 8.70. The zero-order valence-corrected chi connectivity index (χ0v) is 8.70. The lowest BCUT2D eigenvalue weighted by Gasteiger charge is -2.24. The van der Waals surface area contributed by atoms with E-state index in [0.29, 0.717) is 30.7 Å². The number of nitriles is 1. The number of fused-ring (bicyclic) bond motifs is 2. The lowest BCUT2D eigenvalue weighted by molar-refractivity contribution is 0.0959. The van der Waals surface area contributed by atoms with Crippen LogP contribution in [0.4, 0.5) is 0 Å². The third-order valence-electron chi connectivity index (χ3n) is 3.39. The Morgan fingerprint density at radius 2 is 2.43 bits per heavy atom. The van der Waals surface area contributed by atoms with Crippen molar-refractivity contribution >= 4 is 0 Å². The Bertz CT molecular complexity index is 236. The van der Waals surface area contributed by atoms with Gasteiger partial charge in [0.1, 0.15) is 0 Å². The van der Waals surface area contributed by atoms with E-state index < -0.39 is 0 Å². The van der Waals surface area contributed by atoms with Crippen LogP contribution in [-0.2, 0) is 4.74 Å². The highest BCUT2D eigenvalue weighted by molar-refractivity contribution is 4.96. The highest BCUT2D eigenvalue weighted by Crippen LogP contribution is 2.34. The van der Waals surface area contributed by atoms with E-state index in [4.69, 9.17) is 10.00 Å². The maximum atomic E-state index is 8.65. The fourth-order valence-corrected chi connectivity index (χ4v) is 2.55. The number of nitrogens with zero attached hydrogens (tertiary/aromatic N) is 1. The molecule has 78 valence electrons. The van der Waals surface area contributed by atoms with Crippen LogP contribution in [0.2, 0.25) is 0 Å². The molecule has 2 bridgehead atoms. The summed E-state index contributed by atoms with van der Waals surface area (Å²) in [6, 6.07) is 3.09. The van der Waals surface area contributed by atoms with Gasteiger partial charge in [0, 0.05) is 12.1 Å². The molecule has 0 amide bonds. The van der Waals surface area contributed by atoms with Gasteiger partial charge < -0.3 is 10.1 Å². The van der Waals surface area contributed by atoms with Crippen molar-refractivity contribution in [1.29, 1.82) is 5.26 Å². The molecule has 0 radical (unpaired) electrons. The Morgan fingerprint density at radius 1 is 1.57 bits per heavy atom. The second-order valence-electron chi connectivity index (χ2n) is 4.35. The van der Waals surface area contributed by atoms with Gasteiger partial charge in [-0.3, -0.25) is 0 Å². The summed E-state index contributed by atoms with van der Waals surface area (Å²) in [6.45, 7) is 2.13. The van der Waals surface area contributed by atoms with Crippen molar-refractivity contribution in [2.45, 2.75) is 63.3 Å². The second kappa shape index (κ2) is 4.29. The molecule has 3 nitrogen and oxygen atoms in total. The van der Waals surface area contributed by atoms with Gasteiger partial charge in [-0.25, -0.2) is 0 Å². The number of hydrogen-bond donors (Lipinski definition) is 1. The summed E-state index contributed by atoms with van der Waals surface area (Å²) in [5.41, 5.74) is 0. The van der Waals surface area contributed by atoms with Crippen molar-refractivity contribution in [3.8, 4) is 6.07 Å². The van der Waals surface area contributed by atoms with Gasteiger partial charge in [-0.2, -0.15) is 5.26 Å². The summed E-state index contributed by atoms with van der Waals surface area (Å²) in [5, 5.41) is 12.2. The first-order chi connectivity index (χ1) is 6.83. The lowest BCUT2D eigenvalue weighted by atomic mass is 9.94. The quantitative estimate of drug-likeness (QED) is 0.739. The minimum atomic E-state index is 0.355. The van der Waals surface area contributed by atoms with E-state index in [1.807, 2.05) is 0 Å².